The van der Waals surface area contributed by atoms with Gasteiger partial charge in [-0.05, 0) is 64.2 Å². The largest absolute Gasteiger partial charge is 0.507 e. The summed E-state index contributed by atoms with van der Waals surface area (Å²) in [5.74, 6) is -0.823. The molecular weight excluding hydrogens is 536 g/mol. The first-order valence-electron chi connectivity index (χ1n) is 13.2. The Bertz CT molecular complexity index is 1690. The predicted molar refractivity (Wildman–Crippen MR) is 162 cm³/mol. The molecule has 0 saturated carbocycles. The van der Waals surface area contributed by atoms with Crippen molar-refractivity contribution in [1.82, 2.24) is 4.90 Å². The molecule has 0 aliphatic rings. The molecule has 0 unspecified atom stereocenters. The van der Waals surface area contributed by atoms with Gasteiger partial charge in [-0.25, -0.2) is 8.42 Å². The van der Waals surface area contributed by atoms with Crippen molar-refractivity contribution in [3.05, 3.63) is 113 Å². The van der Waals surface area contributed by atoms with E-state index in [1.807, 2.05) is 49.3 Å². The number of phenols is 1. The third-order valence-corrected chi connectivity index (χ3v) is 8.43. The van der Waals surface area contributed by atoms with Gasteiger partial charge in [-0.15, -0.1) is 0 Å². The van der Waals surface area contributed by atoms with Crippen molar-refractivity contribution in [2.24, 2.45) is 0 Å². The zero-order valence-corrected chi connectivity index (χ0v) is 24.5. The summed E-state index contributed by atoms with van der Waals surface area (Å²) in [5, 5.41) is 10.5. The molecular formula is C33H34N2O5S. The first-order valence-corrected chi connectivity index (χ1v) is 14.8. The van der Waals surface area contributed by atoms with Crippen molar-refractivity contribution in [3.8, 4) is 16.9 Å². The number of nitrogens with zero attached hydrogens (tertiary/aromatic N) is 2. The lowest BCUT2D eigenvalue weighted by molar-refractivity contribution is -0.117. The molecule has 41 heavy (non-hydrogen) atoms. The van der Waals surface area contributed by atoms with Crippen molar-refractivity contribution in [2.75, 3.05) is 33.1 Å². The Morgan fingerprint density at radius 1 is 0.707 bits per heavy atom. The quantitative estimate of drug-likeness (QED) is 0.283. The number of rotatable bonds is 10. The van der Waals surface area contributed by atoms with Gasteiger partial charge in [0.1, 0.15) is 16.4 Å². The van der Waals surface area contributed by atoms with E-state index in [2.05, 4.69) is 0 Å². The topological polar surface area (TPSA) is 95.0 Å². The molecule has 4 aromatic carbocycles. The van der Waals surface area contributed by atoms with E-state index in [1.54, 1.807) is 62.6 Å². The van der Waals surface area contributed by atoms with Gasteiger partial charge in [0.05, 0.1) is 5.75 Å². The second-order valence-corrected chi connectivity index (χ2v) is 12.5. The lowest BCUT2D eigenvalue weighted by atomic mass is 10.0. The number of hydrogen-bond donors (Lipinski definition) is 1. The highest BCUT2D eigenvalue weighted by molar-refractivity contribution is 7.90. The molecule has 4 aromatic rings. The highest BCUT2D eigenvalue weighted by Gasteiger charge is 2.21. The smallest absolute Gasteiger partial charge is 0.253 e. The van der Waals surface area contributed by atoms with Crippen LogP contribution >= 0.6 is 0 Å². The van der Waals surface area contributed by atoms with E-state index in [1.165, 1.54) is 17.0 Å². The highest BCUT2D eigenvalue weighted by Crippen LogP contribution is 2.32. The molecule has 0 aliphatic heterocycles. The summed E-state index contributed by atoms with van der Waals surface area (Å²) in [5.41, 5.74) is 4.89. The standard InChI is InChI=1S/C33H34N2O5S/c1-34(2)29-13-6-9-24(17-29)19-30(36)18-23-8-5-10-25(16-23)22-41(39,40)32-21-27(14-15-31(32)37)26-11-7-12-28(20-26)33(38)35(3)4/h5-17,20-21,37H,18-19,22H2,1-4H3. The van der Waals surface area contributed by atoms with Crippen LogP contribution in [-0.2, 0) is 33.2 Å². The molecule has 0 fully saturated rings. The minimum atomic E-state index is -3.94. The Morgan fingerprint density at radius 3 is 2.00 bits per heavy atom. The molecule has 0 spiro atoms. The molecule has 4 rings (SSSR count). The number of benzene rings is 4. The van der Waals surface area contributed by atoms with Crippen LogP contribution in [0.5, 0.6) is 5.75 Å². The normalized spacial score (nSPS) is 11.2. The van der Waals surface area contributed by atoms with Crippen LogP contribution in [0.1, 0.15) is 27.0 Å². The van der Waals surface area contributed by atoms with E-state index in [0.29, 0.717) is 22.3 Å². The molecule has 0 bridgehead atoms. The van der Waals surface area contributed by atoms with Crippen LogP contribution in [-0.4, -0.2) is 58.3 Å². The van der Waals surface area contributed by atoms with Crippen molar-refractivity contribution in [2.45, 2.75) is 23.5 Å². The van der Waals surface area contributed by atoms with Crippen LogP contribution in [0, 0.1) is 0 Å². The predicted octanol–water partition coefficient (Wildman–Crippen LogP) is 5.16. The summed E-state index contributed by atoms with van der Waals surface area (Å²) < 4.78 is 26.9. The lowest BCUT2D eigenvalue weighted by Crippen LogP contribution is -2.21. The zero-order valence-electron chi connectivity index (χ0n) is 23.7. The average Bonchev–Trinajstić information content (AvgIpc) is 2.92. The summed E-state index contributed by atoms with van der Waals surface area (Å²) >= 11 is 0. The minimum Gasteiger partial charge on any atom is -0.507 e. The third-order valence-electron chi connectivity index (χ3n) is 6.72. The van der Waals surface area contributed by atoms with Gasteiger partial charge in [-0.3, -0.25) is 9.59 Å². The number of carbonyl (C=O) groups is 2. The summed E-state index contributed by atoms with van der Waals surface area (Å²) in [6.45, 7) is 0. The SMILES string of the molecule is CN(C)C(=O)c1cccc(-c2ccc(O)c(S(=O)(=O)Cc3cccc(CC(=O)Cc4cccc(N(C)C)c4)c3)c2)c1. The maximum Gasteiger partial charge on any atom is 0.253 e. The molecule has 0 heterocycles. The molecule has 0 atom stereocenters. The lowest BCUT2D eigenvalue weighted by Gasteiger charge is -2.13. The van der Waals surface area contributed by atoms with Gasteiger partial charge in [0.2, 0.25) is 0 Å². The number of anilines is 1. The number of sulfone groups is 1. The molecule has 1 N–H and O–H groups in total. The molecule has 0 aromatic heterocycles. The van der Waals surface area contributed by atoms with Gasteiger partial charge in [-0.1, -0.05) is 54.6 Å². The van der Waals surface area contributed by atoms with E-state index >= 15 is 0 Å². The summed E-state index contributed by atoms with van der Waals surface area (Å²) in [7, 11) is 3.28. The Labute approximate surface area is 241 Å². The highest BCUT2D eigenvalue weighted by atomic mass is 32.2. The second kappa shape index (κ2) is 12.4. The minimum absolute atomic E-state index is 0.0289. The average molecular weight is 571 g/mol. The van der Waals surface area contributed by atoms with Gasteiger partial charge >= 0.3 is 0 Å². The van der Waals surface area contributed by atoms with Gasteiger partial charge < -0.3 is 14.9 Å². The maximum absolute atomic E-state index is 13.4. The Morgan fingerprint density at radius 2 is 1.32 bits per heavy atom. The van der Waals surface area contributed by atoms with E-state index in [4.69, 9.17) is 0 Å². The zero-order chi connectivity index (χ0) is 29.7. The third kappa shape index (κ3) is 7.41. The van der Waals surface area contributed by atoms with Gasteiger partial charge in [0.25, 0.3) is 5.91 Å². The van der Waals surface area contributed by atoms with Crippen LogP contribution in [0.4, 0.5) is 5.69 Å². The number of Topliss-reactive ketones (excluding diaryl/α,β-unsaturated/α-hetero) is 1. The van der Waals surface area contributed by atoms with Crippen molar-refractivity contribution < 1.29 is 23.1 Å². The molecule has 0 saturated heterocycles. The van der Waals surface area contributed by atoms with Crippen LogP contribution < -0.4 is 4.90 Å². The van der Waals surface area contributed by atoms with E-state index < -0.39 is 9.84 Å². The number of phenolic OH excluding ortho intramolecular Hbond substituents is 1. The van der Waals surface area contributed by atoms with E-state index in [0.717, 1.165) is 16.8 Å². The van der Waals surface area contributed by atoms with Gasteiger partial charge in [0.15, 0.2) is 9.84 Å². The first kappa shape index (κ1) is 29.6. The number of ketones is 1. The van der Waals surface area contributed by atoms with Gasteiger partial charge in [0, 0.05) is 52.3 Å². The van der Waals surface area contributed by atoms with Crippen LogP contribution in [0.3, 0.4) is 0 Å². The van der Waals surface area contributed by atoms with Crippen molar-refractivity contribution >= 4 is 27.2 Å². The van der Waals surface area contributed by atoms with Crippen LogP contribution in [0.2, 0.25) is 0 Å². The summed E-state index contributed by atoms with van der Waals surface area (Å²) in [4.78, 5) is 28.5. The molecule has 1 amide bonds. The van der Waals surface area contributed by atoms with Crippen molar-refractivity contribution in [3.63, 3.8) is 0 Å². The number of aromatic hydroxyl groups is 1. The molecule has 8 heteroatoms. The molecule has 0 radical (unpaired) electrons. The first-order chi connectivity index (χ1) is 19.4. The van der Waals surface area contributed by atoms with E-state index in [-0.39, 0.29) is 40.9 Å². The fourth-order valence-corrected chi connectivity index (χ4v) is 6.09. The fourth-order valence-electron chi connectivity index (χ4n) is 4.62. The number of hydrogen-bond acceptors (Lipinski definition) is 6. The maximum atomic E-state index is 13.4. The Kier molecular flexibility index (Phi) is 8.93. The Balaban J connectivity index is 1.52. The molecule has 7 nitrogen and oxygen atoms in total. The Hall–Kier alpha value is -4.43. The monoisotopic (exact) mass is 570 g/mol. The number of carbonyl (C=O) groups excluding carboxylic acids is 2. The van der Waals surface area contributed by atoms with Crippen LogP contribution in [0.15, 0.2) is 95.9 Å². The van der Waals surface area contributed by atoms with Crippen molar-refractivity contribution in [1.29, 1.82) is 0 Å². The number of amides is 1. The van der Waals surface area contributed by atoms with Crippen LogP contribution in [0.25, 0.3) is 11.1 Å². The second-order valence-electron chi connectivity index (χ2n) is 10.5. The summed E-state index contributed by atoms with van der Waals surface area (Å²) in [6, 6.07) is 26.1. The van der Waals surface area contributed by atoms with Gasteiger partial charge in [-0.2, -0.15) is 0 Å². The molecule has 212 valence electrons. The summed E-state index contributed by atoms with van der Waals surface area (Å²) in [6.07, 6.45) is 0.467. The molecule has 0 aliphatic carbocycles. The fraction of sp³-hybridized carbons (Fsp3) is 0.212. The van der Waals surface area contributed by atoms with E-state index in [9.17, 15) is 23.1 Å².